The fourth-order valence-corrected chi connectivity index (χ4v) is 3.86. The van der Waals surface area contributed by atoms with E-state index in [0.29, 0.717) is 5.29 Å². The Morgan fingerprint density at radius 2 is 2.15 bits per heavy atom. The Bertz CT molecular complexity index is 533. The summed E-state index contributed by atoms with van der Waals surface area (Å²) in [5, 5.41) is 3.41. The number of aliphatic imine (C=N–C) groups is 1. The van der Waals surface area contributed by atoms with Crippen molar-refractivity contribution in [1.82, 2.24) is 4.57 Å². The molecule has 0 amide bonds. The molecule has 1 aromatic rings. The monoisotopic (exact) mass is 359 g/mol. The summed E-state index contributed by atoms with van der Waals surface area (Å²) >= 11 is 9.57. The molecule has 4 nitrogen and oxygen atoms in total. The maximum absolute atomic E-state index is 11.8. The molecule has 1 N–H and O–H groups in total. The molecule has 0 radical (unpaired) electrons. The average molecular weight is 361 g/mol. The normalized spacial score (nSPS) is 18.9. The van der Waals surface area contributed by atoms with E-state index in [1.54, 1.807) is 7.05 Å². The highest BCUT2D eigenvalue weighted by Crippen LogP contribution is 2.40. The van der Waals surface area contributed by atoms with Gasteiger partial charge in [0.1, 0.15) is 17.6 Å². The first-order chi connectivity index (χ1) is 9.54. The van der Waals surface area contributed by atoms with Crippen LogP contribution in [0.25, 0.3) is 0 Å². The number of hydrogen-bond acceptors (Lipinski definition) is 2. The van der Waals surface area contributed by atoms with Gasteiger partial charge in [-0.05, 0) is 58.9 Å². The Kier molecular flexibility index (Phi) is 4.91. The zero-order valence-electron chi connectivity index (χ0n) is 11.7. The van der Waals surface area contributed by atoms with Gasteiger partial charge in [0, 0.05) is 7.05 Å². The molecule has 0 unspecified atom stereocenters. The molecule has 2 rings (SSSR count). The molecular weight excluding hydrogens is 342 g/mol. The van der Waals surface area contributed by atoms with Gasteiger partial charge in [0.2, 0.25) is 0 Å². The molecule has 1 fully saturated rings. The second kappa shape index (κ2) is 6.31. The Labute approximate surface area is 132 Å². The molecule has 0 spiro atoms. The number of aromatic nitrogens is 1. The topological polar surface area (TPSA) is 46.4 Å². The summed E-state index contributed by atoms with van der Waals surface area (Å²) in [5.74, 6) is 0.835. The molecule has 1 aliphatic carbocycles. The molecule has 0 saturated heterocycles. The van der Waals surface area contributed by atoms with E-state index in [2.05, 4.69) is 26.2 Å². The highest BCUT2D eigenvalue weighted by molar-refractivity contribution is 9.10. The third-order valence-electron chi connectivity index (χ3n) is 3.95. The molecule has 1 heterocycles. The van der Waals surface area contributed by atoms with E-state index >= 15 is 0 Å². The largest absolute Gasteiger partial charge is 0.317 e. The first-order valence-electron chi connectivity index (χ1n) is 6.78. The van der Waals surface area contributed by atoms with Crippen LogP contribution in [0.15, 0.2) is 15.7 Å². The summed E-state index contributed by atoms with van der Waals surface area (Å²) in [6, 6.07) is 2.00. The molecule has 1 saturated carbocycles. The number of amidine groups is 1. The maximum Gasteiger partial charge on any atom is 0.196 e. The van der Waals surface area contributed by atoms with Crippen molar-refractivity contribution in [2.24, 2.45) is 4.99 Å². The zero-order chi connectivity index (χ0) is 14.8. The molecule has 20 heavy (non-hydrogen) atoms. The maximum atomic E-state index is 11.8. The summed E-state index contributed by atoms with van der Waals surface area (Å²) < 4.78 is 2.93. The molecule has 0 aliphatic heterocycles. The Balaban J connectivity index is 2.51. The van der Waals surface area contributed by atoms with E-state index in [4.69, 9.17) is 11.6 Å². The highest BCUT2D eigenvalue weighted by atomic mass is 79.9. The van der Waals surface area contributed by atoms with Crippen molar-refractivity contribution >= 4 is 44.9 Å². The van der Waals surface area contributed by atoms with Gasteiger partial charge in [0.05, 0.1) is 4.60 Å². The first kappa shape index (κ1) is 15.6. The standard InChI is InChI=1S/C14H19BrClN3O/c1-10-8-11(15)19(12(10)18-13(16)17-2)14(9-20)6-4-3-5-7-14/h8-9H,3-7H2,1-2H3,(H,17,18). The van der Waals surface area contributed by atoms with Crippen LogP contribution < -0.4 is 5.32 Å². The predicted molar refractivity (Wildman–Crippen MR) is 86.8 cm³/mol. The van der Waals surface area contributed by atoms with Crippen LogP contribution in [0, 0.1) is 6.92 Å². The van der Waals surface area contributed by atoms with Crippen LogP contribution in [-0.2, 0) is 10.3 Å². The van der Waals surface area contributed by atoms with Crippen LogP contribution in [0.2, 0.25) is 0 Å². The average Bonchev–Trinajstić information content (AvgIpc) is 2.74. The number of halogens is 2. The van der Waals surface area contributed by atoms with Crippen LogP contribution in [0.5, 0.6) is 0 Å². The lowest BCUT2D eigenvalue weighted by atomic mass is 9.82. The van der Waals surface area contributed by atoms with Gasteiger partial charge in [-0.2, -0.15) is 0 Å². The zero-order valence-corrected chi connectivity index (χ0v) is 14.1. The van der Waals surface area contributed by atoms with E-state index in [1.807, 2.05) is 17.6 Å². The number of carbonyl (C=O) groups is 1. The van der Waals surface area contributed by atoms with Crippen LogP contribution in [0.1, 0.15) is 37.7 Å². The summed E-state index contributed by atoms with van der Waals surface area (Å²) in [6.07, 6.45) is 6.12. The molecule has 0 atom stereocenters. The first-order valence-corrected chi connectivity index (χ1v) is 7.95. The van der Waals surface area contributed by atoms with Crippen molar-refractivity contribution in [2.75, 3.05) is 12.4 Å². The van der Waals surface area contributed by atoms with Crippen molar-refractivity contribution in [3.05, 3.63) is 16.2 Å². The third-order valence-corrected chi connectivity index (χ3v) is 4.80. The van der Waals surface area contributed by atoms with Gasteiger partial charge in [0.25, 0.3) is 0 Å². The third kappa shape index (κ3) is 2.79. The molecule has 1 aliphatic rings. The smallest absolute Gasteiger partial charge is 0.196 e. The number of anilines is 1. The summed E-state index contributed by atoms with van der Waals surface area (Å²) in [4.78, 5) is 15.7. The quantitative estimate of drug-likeness (QED) is 0.382. The number of carbonyl (C=O) groups excluding carboxylic acids is 1. The van der Waals surface area contributed by atoms with Crippen molar-refractivity contribution in [1.29, 1.82) is 0 Å². The van der Waals surface area contributed by atoms with E-state index in [1.165, 1.54) is 6.42 Å². The van der Waals surface area contributed by atoms with Crippen LogP contribution in [0.3, 0.4) is 0 Å². The van der Waals surface area contributed by atoms with Crippen molar-refractivity contribution < 1.29 is 4.79 Å². The van der Waals surface area contributed by atoms with Crippen LogP contribution in [0.4, 0.5) is 5.82 Å². The number of aryl methyl sites for hydroxylation is 1. The van der Waals surface area contributed by atoms with Gasteiger partial charge in [-0.3, -0.25) is 4.99 Å². The SMILES string of the molecule is CN=C(Cl)Nc1c(C)cc(Br)n1C1(C=O)CCCCC1. The van der Waals surface area contributed by atoms with Crippen LogP contribution in [-0.4, -0.2) is 23.2 Å². The van der Waals surface area contributed by atoms with E-state index < -0.39 is 5.54 Å². The molecule has 6 heteroatoms. The van der Waals surface area contributed by atoms with Gasteiger partial charge in [-0.1, -0.05) is 19.3 Å². The van der Waals surface area contributed by atoms with Crippen molar-refractivity contribution in [2.45, 2.75) is 44.6 Å². The Morgan fingerprint density at radius 1 is 1.50 bits per heavy atom. The lowest BCUT2D eigenvalue weighted by Crippen LogP contribution is -2.38. The predicted octanol–water partition coefficient (Wildman–Crippen LogP) is 4.05. The Hall–Kier alpha value is -0.810. The molecule has 110 valence electrons. The lowest BCUT2D eigenvalue weighted by Gasteiger charge is -2.36. The fraction of sp³-hybridized carbons (Fsp3) is 0.571. The summed E-state index contributed by atoms with van der Waals surface area (Å²) in [7, 11) is 1.63. The summed E-state index contributed by atoms with van der Waals surface area (Å²) in [5.41, 5.74) is 0.545. The number of nitrogens with one attached hydrogen (secondary N) is 1. The van der Waals surface area contributed by atoms with Crippen LogP contribution >= 0.6 is 27.5 Å². The number of rotatable bonds is 3. The highest BCUT2D eigenvalue weighted by Gasteiger charge is 2.37. The molecule has 0 aromatic carbocycles. The molecular formula is C14H19BrClN3O. The van der Waals surface area contributed by atoms with Gasteiger partial charge < -0.3 is 14.7 Å². The van der Waals surface area contributed by atoms with Gasteiger partial charge in [-0.15, -0.1) is 0 Å². The minimum atomic E-state index is -0.488. The second-order valence-electron chi connectivity index (χ2n) is 5.26. The minimum absolute atomic E-state index is 0.316. The van der Waals surface area contributed by atoms with Gasteiger partial charge >= 0.3 is 0 Å². The lowest BCUT2D eigenvalue weighted by molar-refractivity contribution is -0.116. The van der Waals surface area contributed by atoms with Crippen molar-refractivity contribution in [3.63, 3.8) is 0 Å². The van der Waals surface area contributed by atoms with E-state index in [-0.39, 0.29) is 0 Å². The van der Waals surface area contributed by atoms with E-state index in [0.717, 1.165) is 48.0 Å². The number of aldehydes is 1. The van der Waals surface area contributed by atoms with E-state index in [9.17, 15) is 4.79 Å². The Morgan fingerprint density at radius 3 is 2.70 bits per heavy atom. The number of hydrogen-bond donors (Lipinski definition) is 1. The van der Waals surface area contributed by atoms with Gasteiger partial charge in [0.15, 0.2) is 5.29 Å². The summed E-state index contributed by atoms with van der Waals surface area (Å²) in [6.45, 7) is 1.99. The molecule has 1 aromatic heterocycles. The van der Waals surface area contributed by atoms with Gasteiger partial charge in [-0.25, -0.2) is 0 Å². The minimum Gasteiger partial charge on any atom is -0.317 e. The fourth-order valence-electron chi connectivity index (χ4n) is 2.90. The van der Waals surface area contributed by atoms with Crippen molar-refractivity contribution in [3.8, 4) is 0 Å². The number of nitrogens with zero attached hydrogens (tertiary/aromatic N) is 2. The second-order valence-corrected chi connectivity index (χ2v) is 6.43. The molecule has 0 bridgehead atoms.